The van der Waals surface area contributed by atoms with E-state index in [4.69, 9.17) is 11.6 Å². The predicted octanol–water partition coefficient (Wildman–Crippen LogP) is 2.19. The Morgan fingerprint density at radius 3 is 2.87 bits per heavy atom. The van der Waals surface area contributed by atoms with Crippen LogP contribution in [0.3, 0.4) is 0 Å². The third kappa shape index (κ3) is 3.09. The number of hydrogen-bond donors (Lipinski definition) is 1. The summed E-state index contributed by atoms with van der Waals surface area (Å²) >= 11 is 6.08. The number of halogens is 1. The van der Waals surface area contributed by atoms with Gasteiger partial charge in [0.1, 0.15) is 17.7 Å². The maximum atomic E-state index is 11.8. The third-order valence-electron chi connectivity index (χ3n) is 3.50. The normalized spacial score (nSPS) is 12.1. The molecule has 1 atom stereocenters. The van der Waals surface area contributed by atoms with E-state index in [1.807, 2.05) is 31.2 Å². The van der Waals surface area contributed by atoms with E-state index >= 15 is 0 Å². The first-order valence-electron chi connectivity index (χ1n) is 6.99. The van der Waals surface area contributed by atoms with Crippen LogP contribution in [0, 0.1) is 0 Å². The fourth-order valence-electron chi connectivity index (χ4n) is 2.21. The van der Waals surface area contributed by atoms with Gasteiger partial charge < -0.3 is 5.32 Å². The Morgan fingerprint density at radius 2 is 2.13 bits per heavy atom. The largest absolute Gasteiger partial charge is 0.376 e. The third-order valence-corrected chi connectivity index (χ3v) is 3.87. The minimum Gasteiger partial charge on any atom is -0.376 e. The summed E-state index contributed by atoms with van der Waals surface area (Å²) in [4.78, 5) is 15.8. The molecule has 23 heavy (non-hydrogen) atoms. The molecule has 0 aliphatic carbocycles. The molecule has 0 bridgehead atoms. The summed E-state index contributed by atoms with van der Waals surface area (Å²) in [5, 5.41) is 11.4. The van der Waals surface area contributed by atoms with Gasteiger partial charge in [0.2, 0.25) is 0 Å². The second-order valence-corrected chi connectivity index (χ2v) is 5.48. The maximum Gasteiger partial charge on any atom is 0.287 e. The van der Waals surface area contributed by atoms with Gasteiger partial charge in [-0.2, -0.15) is 10.2 Å². The van der Waals surface area contributed by atoms with Crippen molar-refractivity contribution in [2.75, 3.05) is 5.32 Å². The van der Waals surface area contributed by atoms with E-state index in [0.717, 1.165) is 11.3 Å². The molecular formula is C15H15ClN6O. The van der Waals surface area contributed by atoms with Gasteiger partial charge in [-0.05, 0) is 24.6 Å². The summed E-state index contributed by atoms with van der Waals surface area (Å²) in [6.45, 7) is 1.98. The zero-order chi connectivity index (χ0) is 16.4. The lowest BCUT2D eigenvalue weighted by molar-refractivity contribution is 0.706. The minimum atomic E-state index is -0.333. The molecule has 0 amide bonds. The van der Waals surface area contributed by atoms with E-state index in [1.54, 1.807) is 24.3 Å². The van der Waals surface area contributed by atoms with Gasteiger partial charge in [0.15, 0.2) is 0 Å². The zero-order valence-electron chi connectivity index (χ0n) is 12.6. The van der Waals surface area contributed by atoms with E-state index in [1.165, 1.54) is 11.0 Å². The highest BCUT2D eigenvalue weighted by molar-refractivity contribution is 6.32. The summed E-state index contributed by atoms with van der Waals surface area (Å²) in [6.07, 6.45) is 4.67. The molecule has 0 saturated carbocycles. The Morgan fingerprint density at radius 1 is 1.30 bits per heavy atom. The highest BCUT2D eigenvalue weighted by atomic mass is 35.5. The van der Waals surface area contributed by atoms with Crippen LogP contribution in [0.1, 0.15) is 18.5 Å². The average Bonchev–Trinajstić information content (AvgIpc) is 3.10. The number of benzene rings is 1. The Balaban J connectivity index is 1.87. The average molecular weight is 331 g/mol. The Labute approximate surface area is 137 Å². The maximum absolute atomic E-state index is 11.8. The van der Waals surface area contributed by atoms with Crippen LogP contribution in [0.25, 0.3) is 5.69 Å². The van der Waals surface area contributed by atoms with E-state index in [0.29, 0.717) is 5.69 Å². The molecule has 118 valence electrons. The highest BCUT2D eigenvalue weighted by Gasteiger charge is 2.12. The van der Waals surface area contributed by atoms with Crippen LogP contribution in [0.2, 0.25) is 5.02 Å². The number of nitrogens with zero attached hydrogens (tertiary/aromatic N) is 5. The number of anilines is 1. The van der Waals surface area contributed by atoms with Gasteiger partial charge in [-0.25, -0.2) is 14.3 Å². The molecule has 3 aromatic rings. The molecule has 3 rings (SSSR count). The highest BCUT2D eigenvalue weighted by Crippen LogP contribution is 2.23. The molecule has 1 aromatic carbocycles. The molecule has 0 spiro atoms. The monoisotopic (exact) mass is 330 g/mol. The second-order valence-electron chi connectivity index (χ2n) is 5.10. The van der Waals surface area contributed by atoms with Crippen molar-refractivity contribution in [3.63, 3.8) is 0 Å². The molecule has 0 saturated heterocycles. The van der Waals surface area contributed by atoms with Crippen molar-refractivity contribution in [1.82, 2.24) is 24.5 Å². The van der Waals surface area contributed by atoms with Crippen molar-refractivity contribution in [3.05, 3.63) is 64.1 Å². The smallest absolute Gasteiger partial charge is 0.287 e. The fraction of sp³-hybridized carbons (Fsp3) is 0.200. The van der Waals surface area contributed by atoms with Gasteiger partial charge in [-0.3, -0.25) is 4.79 Å². The number of rotatable bonds is 4. The molecule has 2 heterocycles. The number of aryl methyl sites for hydroxylation is 1. The summed E-state index contributed by atoms with van der Waals surface area (Å²) in [7, 11) is 1.56. The first-order chi connectivity index (χ1) is 11.1. The molecule has 0 aliphatic heterocycles. The molecule has 1 N–H and O–H groups in total. The summed E-state index contributed by atoms with van der Waals surface area (Å²) in [5.41, 5.74) is 2.10. The van der Waals surface area contributed by atoms with Crippen LogP contribution in [0.4, 0.5) is 5.69 Å². The van der Waals surface area contributed by atoms with Crippen LogP contribution in [0.15, 0.2) is 47.9 Å². The zero-order valence-corrected chi connectivity index (χ0v) is 13.4. The summed E-state index contributed by atoms with van der Waals surface area (Å²) in [5.74, 6) is 0. The second kappa shape index (κ2) is 6.21. The van der Waals surface area contributed by atoms with Gasteiger partial charge >= 0.3 is 0 Å². The van der Waals surface area contributed by atoms with Crippen LogP contribution >= 0.6 is 11.6 Å². The number of aromatic nitrogens is 5. The summed E-state index contributed by atoms with van der Waals surface area (Å²) < 4.78 is 2.88. The van der Waals surface area contributed by atoms with Gasteiger partial charge in [-0.15, -0.1) is 0 Å². The van der Waals surface area contributed by atoms with Crippen molar-refractivity contribution < 1.29 is 0 Å². The molecule has 2 aromatic heterocycles. The van der Waals surface area contributed by atoms with Crippen LogP contribution in [0.5, 0.6) is 0 Å². The van der Waals surface area contributed by atoms with E-state index in [-0.39, 0.29) is 16.6 Å². The Bertz CT molecular complexity index is 874. The molecule has 0 fully saturated rings. The summed E-state index contributed by atoms with van der Waals surface area (Å²) in [6, 6.07) is 7.80. The standard InChI is InChI=1S/C15H15ClN6O/c1-10(20-13-7-18-21(2)15(23)14(13)16)11-4-3-5-12(6-11)22-9-17-8-19-22/h3-10,20H,1-2H3/t10-/m0/s1. The lowest BCUT2D eigenvalue weighted by atomic mass is 10.1. The van der Waals surface area contributed by atoms with Crippen molar-refractivity contribution in [2.24, 2.45) is 7.05 Å². The van der Waals surface area contributed by atoms with Gasteiger partial charge in [0, 0.05) is 13.1 Å². The van der Waals surface area contributed by atoms with Gasteiger partial charge in [0.05, 0.1) is 17.6 Å². The van der Waals surface area contributed by atoms with Gasteiger partial charge in [-0.1, -0.05) is 23.7 Å². The molecule has 7 nitrogen and oxygen atoms in total. The molecule has 0 radical (unpaired) electrons. The molecule has 0 aliphatic rings. The van der Waals surface area contributed by atoms with Crippen LogP contribution < -0.4 is 10.9 Å². The van der Waals surface area contributed by atoms with Crippen LogP contribution in [-0.4, -0.2) is 24.5 Å². The molecule has 8 heteroatoms. The van der Waals surface area contributed by atoms with Crippen molar-refractivity contribution >= 4 is 17.3 Å². The van der Waals surface area contributed by atoms with Crippen molar-refractivity contribution in [3.8, 4) is 5.69 Å². The quantitative estimate of drug-likeness (QED) is 0.793. The van der Waals surface area contributed by atoms with E-state index in [2.05, 4.69) is 20.5 Å². The predicted molar refractivity (Wildman–Crippen MR) is 87.9 cm³/mol. The lowest BCUT2D eigenvalue weighted by Gasteiger charge is -2.17. The first kappa shape index (κ1) is 15.2. The topological polar surface area (TPSA) is 77.6 Å². The fourth-order valence-corrected chi connectivity index (χ4v) is 2.43. The van der Waals surface area contributed by atoms with E-state index < -0.39 is 0 Å². The minimum absolute atomic E-state index is 0.0649. The Kier molecular flexibility index (Phi) is 4.12. The Hall–Kier alpha value is -2.67. The SMILES string of the molecule is C[C@H](Nc1cnn(C)c(=O)c1Cl)c1cccc(-n2cncn2)c1. The van der Waals surface area contributed by atoms with Crippen molar-refractivity contribution in [2.45, 2.75) is 13.0 Å². The lowest BCUT2D eigenvalue weighted by Crippen LogP contribution is -2.21. The first-order valence-corrected chi connectivity index (χ1v) is 7.37. The van der Waals surface area contributed by atoms with Crippen molar-refractivity contribution in [1.29, 1.82) is 0 Å². The number of nitrogens with one attached hydrogen (secondary N) is 1. The van der Waals surface area contributed by atoms with Crippen LogP contribution in [-0.2, 0) is 7.05 Å². The molecular weight excluding hydrogens is 316 g/mol. The number of hydrogen-bond acceptors (Lipinski definition) is 5. The van der Waals surface area contributed by atoms with E-state index in [9.17, 15) is 4.79 Å². The van der Waals surface area contributed by atoms with Gasteiger partial charge in [0.25, 0.3) is 5.56 Å². The molecule has 0 unspecified atom stereocenters.